The molecule has 0 aromatic heterocycles. The molecule has 1 N–H and O–H groups in total. The third-order valence-corrected chi connectivity index (χ3v) is 3.72. The van der Waals surface area contributed by atoms with Gasteiger partial charge in [-0.15, -0.1) is 0 Å². The van der Waals surface area contributed by atoms with Crippen LogP contribution in [0.25, 0.3) is 0 Å². The Labute approximate surface area is 133 Å². The summed E-state index contributed by atoms with van der Waals surface area (Å²) in [5.41, 5.74) is 4.10. The Morgan fingerprint density at radius 1 is 1.19 bits per heavy atom. The number of carbonyl (C=O) groups excluding carboxylic acids is 1. The molecule has 21 heavy (non-hydrogen) atoms. The molecule has 0 heterocycles. The van der Waals surface area contributed by atoms with Gasteiger partial charge < -0.3 is 10.1 Å². The largest absolute Gasteiger partial charge is 0.483 e. The predicted octanol–water partition coefficient (Wildman–Crippen LogP) is 4.39. The van der Waals surface area contributed by atoms with Crippen LogP contribution in [0.5, 0.6) is 5.75 Å². The molecule has 0 aliphatic carbocycles. The predicted molar refractivity (Wildman–Crippen MR) is 88.9 cm³/mol. The Morgan fingerprint density at radius 3 is 2.67 bits per heavy atom. The van der Waals surface area contributed by atoms with Crippen LogP contribution in [0.4, 0.5) is 5.69 Å². The SMILES string of the molecule is Cc1cc(C)c(C)c(OCC(=O)Nc2cccc(Br)c2)c1. The minimum Gasteiger partial charge on any atom is -0.483 e. The number of ether oxygens (including phenoxy) is 1. The van der Waals surface area contributed by atoms with Crippen molar-refractivity contribution in [3.05, 3.63) is 57.6 Å². The first-order valence-corrected chi connectivity index (χ1v) is 7.51. The Hall–Kier alpha value is -1.81. The van der Waals surface area contributed by atoms with Crippen molar-refractivity contribution in [3.63, 3.8) is 0 Å². The summed E-state index contributed by atoms with van der Waals surface area (Å²) in [4.78, 5) is 11.9. The number of amides is 1. The highest BCUT2D eigenvalue weighted by atomic mass is 79.9. The van der Waals surface area contributed by atoms with Gasteiger partial charge in [-0.05, 0) is 61.7 Å². The average Bonchev–Trinajstić information content (AvgIpc) is 2.41. The van der Waals surface area contributed by atoms with E-state index in [0.717, 1.165) is 32.6 Å². The zero-order valence-electron chi connectivity index (χ0n) is 12.4. The van der Waals surface area contributed by atoms with Crippen LogP contribution >= 0.6 is 15.9 Å². The van der Waals surface area contributed by atoms with Gasteiger partial charge in [-0.2, -0.15) is 0 Å². The first-order valence-electron chi connectivity index (χ1n) is 6.72. The normalized spacial score (nSPS) is 10.3. The topological polar surface area (TPSA) is 38.3 Å². The third-order valence-electron chi connectivity index (χ3n) is 3.23. The molecule has 4 heteroatoms. The van der Waals surface area contributed by atoms with E-state index in [-0.39, 0.29) is 12.5 Å². The molecule has 0 radical (unpaired) electrons. The van der Waals surface area contributed by atoms with E-state index in [4.69, 9.17) is 4.74 Å². The van der Waals surface area contributed by atoms with Gasteiger partial charge in [0.2, 0.25) is 0 Å². The van der Waals surface area contributed by atoms with Crippen LogP contribution in [0.2, 0.25) is 0 Å². The summed E-state index contributed by atoms with van der Waals surface area (Å²) in [5.74, 6) is 0.587. The fourth-order valence-electron chi connectivity index (χ4n) is 2.06. The van der Waals surface area contributed by atoms with E-state index in [1.165, 1.54) is 0 Å². The lowest BCUT2D eigenvalue weighted by Crippen LogP contribution is -2.20. The quantitative estimate of drug-likeness (QED) is 0.890. The van der Waals surface area contributed by atoms with Crippen molar-refractivity contribution < 1.29 is 9.53 Å². The number of benzene rings is 2. The van der Waals surface area contributed by atoms with E-state index in [1.54, 1.807) is 0 Å². The van der Waals surface area contributed by atoms with Gasteiger partial charge in [-0.25, -0.2) is 0 Å². The minimum absolute atomic E-state index is 0.00372. The van der Waals surface area contributed by atoms with E-state index >= 15 is 0 Å². The second-order valence-electron chi connectivity index (χ2n) is 5.05. The molecule has 110 valence electrons. The van der Waals surface area contributed by atoms with Crippen LogP contribution in [-0.4, -0.2) is 12.5 Å². The Kier molecular flexibility index (Phi) is 5.02. The highest BCUT2D eigenvalue weighted by molar-refractivity contribution is 9.10. The molecule has 2 aromatic rings. The van der Waals surface area contributed by atoms with Gasteiger partial charge in [0, 0.05) is 10.2 Å². The molecule has 0 saturated carbocycles. The number of hydrogen-bond acceptors (Lipinski definition) is 2. The maximum absolute atomic E-state index is 11.9. The lowest BCUT2D eigenvalue weighted by atomic mass is 10.1. The highest BCUT2D eigenvalue weighted by Crippen LogP contribution is 2.23. The molecule has 0 unspecified atom stereocenters. The zero-order valence-corrected chi connectivity index (χ0v) is 14.0. The zero-order chi connectivity index (χ0) is 15.4. The molecule has 0 atom stereocenters. The van der Waals surface area contributed by atoms with Crippen LogP contribution in [-0.2, 0) is 4.79 Å². The maximum atomic E-state index is 11.9. The molecular formula is C17H18BrNO2. The molecule has 0 spiro atoms. The van der Waals surface area contributed by atoms with Gasteiger partial charge >= 0.3 is 0 Å². The first-order chi connectivity index (χ1) is 9.95. The smallest absolute Gasteiger partial charge is 0.262 e. The summed E-state index contributed by atoms with van der Waals surface area (Å²) in [7, 11) is 0. The van der Waals surface area contributed by atoms with Gasteiger partial charge in [0.1, 0.15) is 5.75 Å². The molecule has 0 bridgehead atoms. The average molecular weight is 348 g/mol. The van der Waals surface area contributed by atoms with Crippen LogP contribution in [0.3, 0.4) is 0 Å². The van der Waals surface area contributed by atoms with Gasteiger partial charge in [-0.1, -0.05) is 28.1 Å². The summed E-state index contributed by atoms with van der Waals surface area (Å²) in [6.45, 7) is 6.05. The summed E-state index contributed by atoms with van der Waals surface area (Å²) < 4.78 is 6.56. The number of aryl methyl sites for hydroxylation is 2. The lowest BCUT2D eigenvalue weighted by Gasteiger charge is -2.12. The lowest BCUT2D eigenvalue weighted by molar-refractivity contribution is -0.118. The van der Waals surface area contributed by atoms with E-state index in [9.17, 15) is 4.79 Å². The second kappa shape index (κ2) is 6.76. The van der Waals surface area contributed by atoms with Crippen LogP contribution in [0, 0.1) is 20.8 Å². The van der Waals surface area contributed by atoms with Crippen molar-refractivity contribution in [2.45, 2.75) is 20.8 Å². The molecule has 0 aliphatic rings. The first kappa shape index (κ1) is 15.6. The number of anilines is 1. The number of nitrogens with one attached hydrogen (secondary N) is 1. The number of hydrogen-bond donors (Lipinski definition) is 1. The molecule has 2 aromatic carbocycles. The third kappa shape index (κ3) is 4.33. The van der Waals surface area contributed by atoms with Crippen molar-refractivity contribution in [1.82, 2.24) is 0 Å². The molecular weight excluding hydrogens is 330 g/mol. The Bertz CT molecular complexity index is 668. The van der Waals surface area contributed by atoms with E-state index < -0.39 is 0 Å². The second-order valence-corrected chi connectivity index (χ2v) is 5.97. The van der Waals surface area contributed by atoms with Gasteiger partial charge in [0.25, 0.3) is 5.91 Å². The van der Waals surface area contributed by atoms with Crippen molar-refractivity contribution in [3.8, 4) is 5.75 Å². The molecule has 2 rings (SSSR count). The summed E-state index contributed by atoms with van der Waals surface area (Å²) in [6.07, 6.45) is 0. The summed E-state index contributed by atoms with van der Waals surface area (Å²) in [6, 6.07) is 11.5. The van der Waals surface area contributed by atoms with Gasteiger partial charge in [-0.3, -0.25) is 4.79 Å². The van der Waals surface area contributed by atoms with Crippen molar-refractivity contribution >= 4 is 27.5 Å². The van der Waals surface area contributed by atoms with Crippen molar-refractivity contribution in [2.24, 2.45) is 0 Å². The molecule has 0 saturated heterocycles. The fourth-order valence-corrected chi connectivity index (χ4v) is 2.46. The highest BCUT2D eigenvalue weighted by Gasteiger charge is 2.08. The fraction of sp³-hybridized carbons (Fsp3) is 0.235. The number of halogens is 1. The molecule has 0 fully saturated rings. The Balaban J connectivity index is 1.98. The van der Waals surface area contributed by atoms with Crippen LogP contribution in [0.1, 0.15) is 16.7 Å². The van der Waals surface area contributed by atoms with Crippen molar-refractivity contribution in [1.29, 1.82) is 0 Å². The van der Waals surface area contributed by atoms with Crippen LogP contribution in [0.15, 0.2) is 40.9 Å². The monoisotopic (exact) mass is 347 g/mol. The molecule has 3 nitrogen and oxygen atoms in total. The van der Waals surface area contributed by atoms with E-state index in [2.05, 4.69) is 27.3 Å². The van der Waals surface area contributed by atoms with E-state index in [0.29, 0.717) is 0 Å². The van der Waals surface area contributed by atoms with Crippen LogP contribution < -0.4 is 10.1 Å². The number of rotatable bonds is 4. The maximum Gasteiger partial charge on any atom is 0.262 e. The van der Waals surface area contributed by atoms with Crippen molar-refractivity contribution in [2.75, 3.05) is 11.9 Å². The summed E-state index contributed by atoms with van der Waals surface area (Å²) >= 11 is 3.37. The van der Waals surface area contributed by atoms with E-state index in [1.807, 2.05) is 51.1 Å². The molecule has 0 aliphatic heterocycles. The summed E-state index contributed by atoms with van der Waals surface area (Å²) in [5, 5.41) is 2.81. The van der Waals surface area contributed by atoms with Gasteiger partial charge in [0.05, 0.1) is 0 Å². The molecule has 1 amide bonds. The standard InChI is InChI=1S/C17H18BrNO2/c1-11-7-12(2)13(3)16(8-11)21-10-17(20)19-15-6-4-5-14(18)9-15/h4-9H,10H2,1-3H3,(H,19,20). The Morgan fingerprint density at radius 2 is 1.95 bits per heavy atom. The minimum atomic E-state index is -0.174. The van der Waals surface area contributed by atoms with Gasteiger partial charge in [0.15, 0.2) is 6.61 Å². The number of carbonyl (C=O) groups is 1.